The summed E-state index contributed by atoms with van der Waals surface area (Å²) in [6.45, 7) is 1.23. The number of hydrogen-bond acceptors (Lipinski definition) is 6. The van der Waals surface area contributed by atoms with E-state index in [1.165, 1.54) is 6.92 Å². The Kier molecular flexibility index (Phi) is 4.89. The van der Waals surface area contributed by atoms with E-state index in [1.807, 2.05) is 0 Å². The van der Waals surface area contributed by atoms with E-state index in [1.54, 1.807) is 0 Å². The van der Waals surface area contributed by atoms with Crippen molar-refractivity contribution in [3.05, 3.63) is 22.2 Å². The molecule has 0 amide bonds. The second kappa shape index (κ2) is 5.93. The van der Waals surface area contributed by atoms with Crippen LogP contribution in [0, 0.1) is 10.1 Å². The van der Waals surface area contributed by atoms with E-state index in [9.17, 15) is 31.7 Å². The van der Waals surface area contributed by atoms with Crippen LogP contribution in [0.3, 0.4) is 0 Å². The highest BCUT2D eigenvalue weighted by Gasteiger charge is 2.35. The molecule has 0 spiro atoms. The zero-order chi connectivity index (χ0) is 16.4. The van der Waals surface area contributed by atoms with Crippen molar-refractivity contribution in [2.45, 2.75) is 18.2 Å². The Hall–Kier alpha value is -1.75. The largest absolute Gasteiger partial charge is 0.573 e. The molecule has 1 rings (SSSR count). The summed E-state index contributed by atoms with van der Waals surface area (Å²) < 4.78 is 67.4. The van der Waals surface area contributed by atoms with Gasteiger partial charge in [-0.05, 0) is 6.92 Å². The molecular weight excluding hydrogens is 343 g/mol. The van der Waals surface area contributed by atoms with Crippen LogP contribution in [0.4, 0.5) is 18.9 Å². The van der Waals surface area contributed by atoms with E-state index in [-0.39, 0.29) is 6.61 Å². The number of benzene rings is 1. The van der Waals surface area contributed by atoms with Crippen LogP contribution >= 0.6 is 10.7 Å². The minimum absolute atomic E-state index is 0.167. The number of alkyl halides is 3. The lowest BCUT2D eigenvalue weighted by atomic mass is 10.2. The Labute approximate surface area is 120 Å². The minimum Gasteiger partial charge on any atom is -0.486 e. The maximum Gasteiger partial charge on any atom is 0.573 e. The number of ether oxygens (including phenoxy) is 2. The van der Waals surface area contributed by atoms with Gasteiger partial charge in [-0.15, -0.1) is 13.2 Å². The van der Waals surface area contributed by atoms with E-state index in [0.717, 1.165) is 0 Å². The van der Waals surface area contributed by atoms with Gasteiger partial charge in [-0.2, -0.15) is 0 Å². The monoisotopic (exact) mass is 349 g/mol. The molecule has 0 N–H and O–H groups in total. The topological polar surface area (TPSA) is 95.7 Å². The third-order valence-corrected chi connectivity index (χ3v) is 3.32. The fourth-order valence-corrected chi connectivity index (χ4v) is 2.35. The zero-order valence-electron chi connectivity index (χ0n) is 10.2. The molecule has 0 radical (unpaired) electrons. The molecule has 7 nitrogen and oxygen atoms in total. The normalized spacial score (nSPS) is 12.0. The fraction of sp³-hybridized carbons (Fsp3) is 0.333. The van der Waals surface area contributed by atoms with Crippen LogP contribution in [0.2, 0.25) is 0 Å². The SMILES string of the molecule is CCOc1c([N+](=O)[O-])cc(OC(F)(F)F)cc1S(=O)(=O)Cl. The summed E-state index contributed by atoms with van der Waals surface area (Å²) in [5, 5.41) is 10.8. The lowest BCUT2D eigenvalue weighted by molar-refractivity contribution is -0.386. The standard InChI is InChI=1S/C9H7ClF3NO6S/c1-2-19-8-6(14(15)16)3-5(20-9(11,12)13)4-7(8)21(10,17)18/h3-4H,2H2,1H3. The van der Waals surface area contributed by atoms with E-state index in [4.69, 9.17) is 15.4 Å². The fourth-order valence-electron chi connectivity index (χ4n) is 1.36. The molecule has 1 aromatic carbocycles. The van der Waals surface area contributed by atoms with Gasteiger partial charge in [-0.1, -0.05) is 0 Å². The summed E-state index contributed by atoms with van der Waals surface area (Å²) in [6.07, 6.45) is -5.16. The molecule has 118 valence electrons. The molecule has 0 unspecified atom stereocenters. The first kappa shape index (κ1) is 17.3. The van der Waals surface area contributed by atoms with Crippen molar-refractivity contribution >= 4 is 25.4 Å². The second-order valence-electron chi connectivity index (χ2n) is 3.45. The van der Waals surface area contributed by atoms with E-state index in [0.29, 0.717) is 12.1 Å². The summed E-state index contributed by atoms with van der Waals surface area (Å²) in [4.78, 5) is 8.75. The second-order valence-corrected chi connectivity index (χ2v) is 5.98. The maximum atomic E-state index is 12.1. The van der Waals surface area contributed by atoms with Crippen LogP contribution in [0.1, 0.15) is 6.92 Å². The molecule has 21 heavy (non-hydrogen) atoms. The first-order valence-electron chi connectivity index (χ1n) is 5.11. The van der Waals surface area contributed by atoms with Crippen molar-refractivity contribution in [2.75, 3.05) is 6.61 Å². The zero-order valence-corrected chi connectivity index (χ0v) is 11.8. The van der Waals surface area contributed by atoms with E-state index < -0.39 is 42.4 Å². The summed E-state index contributed by atoms with van der Waals surface area (Å²) in [6, 6.07) is 0.790. The van der Waals surface area contributed by atoms with Crippen molar-refractivity contribution in [1.82, 2.24) is 0 Å². The summed E-state index contributed by atoms with van der Waals surface area (Å²) >= 11 is 0. The Bertz CT molecular complexity index is 660. The van der Waals surface area contributed by atoms with Gasteiger partial charge in [0, 0.05) is 16.7 Å². The molecule has 0 heterocycles. The van der Waals surface area contributed by atoms with Gasteiger partial charge in [0.15, 0.2) is 0 Å². The molecule has 0 saturated carbocycles. The highest BCUT2D eigenvalue weighted by molar-refractivity contribution is 8.13. The molecular formula is C9H7ClF3NO6S. The number of hydrogen-bond donors (Lipinski definition) is 0. The predicted octanol–water partition coefficient (Wildman–Crippen LogP) is 2.82. The highest BCUT2D eigenvalue weighted by Crippen LogP contribution is 2.40. The molecule has 0 fully saturated rings. The lowest BCUT2D eigenvalue weighted by Crippen LogP contribution is -2.17. The average molecular weight is 350 g/mol. The van der Waals surface area contributed by atoms with Crippen molar-refractivity contribution in [1.29, 1.82) is 0 Å². The number of nitrogens with zero attached hydrogens (tertiary/aromatic N) is 1. The number of nitro benzene ring substituents is 1. The van der Waals surface area contributed by atoms with Crippen LogP contribution in [0.15, 0.2) is 17.0 Å². The van der Waals surface area contributed by atoms with Crippen LogP contribution in [-0.2, 0) is 9.05 Å². The molecule has 0 aliphatic heterocycles. The van der Waals surface area contributed by atoms with Gasteiger partial charge in [0.1, 0.15) is 10.6 Å². The molecule has 12 heteroatoms. The van der Waals surface area contributed by atoms with Gasteiger partial charge in [-0.25, -0.2) is 8.42 Å². The Balaban J connectivity index is 3.61. The first-order chi connectivity index (χ1) is 9.45. The van der Waals surface area contributed by atoms with Gasteiger partial charge in [0.05, 0.1) is 17.6 Å². The average Bonchev–Trinajstić information content (AvgIpc) is 2.27. The molecule has 0 aliphatic rings. The van der Waals surface area contributed by atoms with Crippen LogP contribution < -0.4 is 9.47 Å². The van der Waals surface area contributed by atoms with E-state index in [2.05, 4.69) is 4.74 Å². The maximum absolute atomic E-state index is 12.1. The molecule has 0 atom stereocenters. The first-order valence-corrected chi connectivity index (χ1v) is 7.42. The Morgan fingerprint density at radius 1 is 1.38 bits per heavy atom. The third-order valence-electron chi connectivity index (χ3n) is 1.99. The van der Waals surface area contributed by atoms with Crippen molar-refractivity contribution < 1.29 is 36.0 Å². The predicted molar refractivity (Wildman–Crippen MR) is 64.0 cm³/mol. The van der Waals surface area contributed by atoms with Crippen molar-refractivity contribution in [3.8, 4) is 11.5 Å². The van der Waals surface area contributed by atoms with Crippen molar-refractivity contribution in [2.24, 2.45) is 0 Å². The summed E-state index contributed by atoms with van der Waals surface area (Å²) in [5.74, 6) is -1.86. The number of rotatable bonds is 5. The van der Waals surface area contributed by atoms with Gasteiger partial charge >= 0.3 is 12.0 Å². The quantitative estimate of drug-likeness (QED) is 0.461. The minimum atomic E-state index is -5.16. The van der Waals surface area contributed by atoms with Crippen LogP contribution in [0.25, 0.3) is 0 Å². The highest BCUT2D eigenvalue weighted by atomic mass is 35.7. The van der Waals surface area contributed by atoms with Crippen LogP contribution in [0.5, 0.6) is 11.5 Å². The molecule has 0 saturated heterocycles. The number of nitro groups is 1. The third kappa shape index (κ3) is 4.63. The Morgan fingerprint density at radius 2 is 1.95 bits per heavy atom. The van der Waals surface area contributed by atoms with Gasteiger partial charge in [0.25, 0.3) is 9.05 Å². The number of halogens is 4. The molecule has 1 aromatic rings. The summed E-state index contributed by atoms with van der Waals surface area (Å²) in [5.41, 5.74) is -1.02. The van der Waals surface area contributed by atoms with Gasteiger partial charge in [-0.3, -0.25) is 10.1 Å². The lowest BCUT2D eigenvalue weighted by Gasteiger charge is -2.12. The van der Waals surface area contributed by atoms with Gasteiger partial charge < -0.3 is 9.47 Å². The van der Waals surface area contributed by atoms with Crippen LogP contribution in [-0.4, -0.2) is 26.3 Å². The molecule has 0 bridgehead atoms. The Morgan fingerprint density at radius 3 is 2.33 bits per heavy atom. The van der Waals surface area contributed by atoms with E-state index >= 15 is 0 Å². The van der Waals surface area contributed by atoms with Crippen molar-refractivity contribution in [3.63, 3.8) is 0 Å². The smallest absolute Gasteiger partial charge is 0.486 e. The van der Waals surface area contributed by atoms with Gasteiger partial charge in [0.2, 0.25) is 5.75 Å². The molecule has 0 aliphatic carbocycles. The molecule has 0 aromatic heterocycles. The summed E-state index contributed by atoms with van der Waals surface area (Å²) in [7, 11) is 0.458.